The van der Waals surface area contributed by atoms with Gasteiger partial charge in [0.25, 0.3) is 17.7 Å². The number of likely N-dealkylation sites (tertiary alicyclic amines) is 2. The topological polar surface area (TPSA) is 311 Å². The van der Waals surface area contributed by atoms with Crippen LogP contribution in [0.5, 0.6) is 0 Å². The number of amides is 5. The van der Waals surface area contributed by atoms with Gasteiger partial charge in [0.15, 0.2) is 23.0 Å². The smallest absolute Gasteiger partial charge is 0.410 e. The van der Waals surface area contributed by atoms with Gasteiger partial charge in [-0.05, 0) is 141 Å². The Morgan fingerprint density at radius 1 is 0.615 bits per heavy atom. The number of piperidine rings is 2. The summed E-state index contributed by atoms with van der Waals surface area (Å²) >= 11 is 0. The Hall–Kier alpha value is -8.96. The lowest BCUT2D eigenvalue weighted by Crippen LogP contribution is -2.43. The molecule has 0 radical (unpaired) electrons. The van der Waals surface area contributed by atoms with E-state index in [0.717, 1.165) is 47.4 Å². The zero-order chi connectivity index (χ0) is 57.0. The molecule has 2 aliphatic heterocycles. The Labute approximate surface area is 448 Å². The molecule has 5 amide bonds. The molecule has 412 valence electrons. The van der Waals surface area contributed by atoms with Crippen LogP contribution >= 0.6 is 0 Å². The summed E-state index contributed by atoms with van der Waals surface area (Å²) in [5, 5.41) is 15.2. The quantitative estimate of drug-likeness (QED) is 0.0701. The highest BCUT2D eigenvalue weighted by atomic mass is 19.1. The molecule has 78 heavy (non-hydrogen) atoms. The molecule has 24 heteroatoms. The molecule has 2 saturated heterocycles. The van der Waals surface area contributed by atoms with Crippen LogP contribution in [0.3, 0.4) is 0 Å². The molecule has 6 aromatic rings. The molecule has 22 nitrogen and oxygen atoms in total. The maximum absolute atomic E-state index is 13.5. The van der Waals surface area contributed by atoms with Crippen molar-refractivity contribution in [2.75, 3.05) is 35.4 Å². The zero-order valence-corrected chi connectivity index (χ0v) is 44.5. The molecule has 0 saturated carbocycles. The lowest BCUT2D eigenvalue weighted by Gasteiger charge is -2.36. The SMILES string of the molecule is Cc1cc(NC(=O)c2ccc(-c3nc([C@@H]4CCCCN4C(=O)OC(C)(C)C)n(N)c3C(=O)O)cc2)ncc1F.Cc1cc(NC(=O)c2ccc(-c3nc([C@@H]4CCCCN4C(=O)OC(C)(C)C)n(N)c3C(N)=O)cc2)ncc1F. The molecule has 2 aromatic carbocycles. The first kappa shape index (κ1) is 56.8. The number of aromatic nitrogens is 6. The number of pyridine rings is 2. The summed E-state index contributed by atoms with van der Waals surface area (Å²) < 4.78 is 40.2. The van der Waals surface area contributed by atoms with Crippen LogP contribution in [-0.2, 0) is 9.47 Å². The van der Waals surface area contributed by atoms with Crippen molar-refractivity contribution in [1.82, 2.24) is 39.1 Å². The Balaban J connectivity index is 0.000000226. The lowest BCUT2D eigenvalue weighted by molar-refractivity contribution is 0.00723. The van der Waals surface area contributed by atoms with E-state index in [1.54, 1.807) is 96.7 Å². The highest BCUT2D eigenvalue weighted by Gasteiger charge is 2.38. The van der Waals surface area contributed by atoms with Crippen molar-refractivity contribution in [3.63, 3.8) is 0 Å². The van der Waals surface area contributed by atoms with Crippen LogP contribution in [0.25, 0.3) is 22.5 Å². The third-order valence-electron chi connectivity index (χ3n) is 12.6. The molecule has 9 N–H and O–H groups in total. The molecule has 4 aromatic heterocycles. The van der Waals surface area contributed by atoms with Gasteiger partial charge in [-0.2, -0.15) is 0 Å². The molecule has 0 unspecified atom stereocenters. The summed E-state index contributed by atoms with van der Waals surface area (Å²) in [4.78, 5) is 95.9. The molecule has 6 heterocycles. The number of anilines is 2. The van der Waals surface area contributed by atoms with Crippen LogP contribution < -0.4 is 28.1 Å². The zero-order valence-electron chi connectivity index (χ0n) is 44.5. The second-order valence-corrected chi connectivity index (χ2v) is 20.8. The number of carboxylic acid groups (broad SMARTS) is 1. The number of nitrogens with two attached hydrogens (primary N) is 3. The van der Waals surface area contributed by atoms with Crippen LogP contribution in [-0.4, -0.2) is 104 Å². The van der Waals surface area contributed by atoms with Crippen molar-refractivity contribution < 1.29 is 52.1 Å². The number of aryl methyl sites for hydroxylation is 2. The summed E-state index contributed by atoms with van der Waals surface area (Å²) in [6, 6.07) is 14.2. The van der Waals surface area contributed by atoms with Crippen molar-refractivity contribution >= 4 is 47.5 Å². The molecule has 0 bridgehead atoms. The van der Waals surface area contributed by atoms with Gasteiger partial charge in [0.05, 0.1) is 24.5 Å². The first-order valence-electron chi connectivity index (χ1n) is 25.1. The average molecular weight is 1080 g/mol. The Morgan fingerprint density at radius 2 is 0.987 bits per heavy atom. The fourth-order valence-corrected chi connectivity index (χ4v) is 8.84. The number of nitrogens with zero attached hydrogens (tertiary/aromatic N) is 8. The standard InChI is InChI=1S/C27H32FN7O4.C27H31FN6O5/c1-15-13-20(31-14-18(15)28)32-25(37)17-10-8-16(9-11-17)21-22(23(29)36)35(30)24(33-21)19-7-5-6-12-34(19)26(38)39-27(2,3)4;1-15-13-20(30-14-18(15)28)31-24(35)17-10-8-16(9-11-17)21-22(25(36)37)34(29)23(32-21)19-7-5-6-12-33(19)26(38)39-27(2,3)4/h8-11,13-14,19H,5-7,12,30H2,1-4H3,(H2,29,36)(H,31,32,37);8-11,13-14,19H,5-7,12,29H2,1-4H3,(H,36,37)(H,30,31,35)/t2*19-/m00/s1. The number of hydrogen-bond acceptors (Lipinski definition) is 14. The second kappa shape index (κ2) is 23.1. The van der Waals surface area contributed by atoms with Crippen molar-refractivity contribution in [2.24, 2.45) is 5.73 Å². The molecular weight excluding hydrogens is 1010 g/mol. The monoisotopic (exact) mass is 1080 g/mol. The third-order valence-corrected chi connectivity index (χ3v) is 12.6. The largest absolute Gasteiger partial charge is 0.476 e. The molecule has 2 atom stereocenters. The van der Waals surface area contributed by atoms with Crippen molar-refractivity contribution in [1.29, 1.82) is 0 Å². The molecule has 2 fully saturated rings. The maximum atomic E-state index is 13.5. The van der Waals surface area contributed by atoms with Gasteiger partial charge >= 0.3 is 18.2 Å². The van der Waals surface area contributed by atoms with Gasteiger partial charge in [0.1, 0.15) is 45.9 Å². The predicted octanol–water partition coefficient (Wildman–Crippen LogP) is 8.44. The third kappa shape index (κ3) is 13.2. The predicted molar refractivity (Wildman–Crippen MR) is 284 cm³/mol. The van der Waals surface area contributed by atoms with Crippen molar-refractivity contribution in [3.05, 3.63) is 130 Å². The van der Waals surface area contributed by atoms with Gasteiger partial charge in [-0.15, -0.1) is 0 Å². The van der Waals surface area contributed by atoms with E-state index in [0.29, 0.717) is 59.6 Å². The van der Waals surface area contributed by atoms with E-state index in [9.17, 15) is 42.7 Å². The number of halogens is 2. The molecular formula is C54H63F2N13O9. The van der Waals surface area contributed by atoms with Crippen LogP contribution in [0.2, 0.25) is 0 Å². The highest BCUT2D eigenvalue weighted by Crippen LogP contribution is 2.37. The van der Waals surface area contributed by atoms with E-state index >= 15 is 0 Å². The second-order valence-electron chi connectivity index (χ2n) is 20.8. The normalized spacial score (nSPS) is 15.6. The first-order chi connectivity index (χ1) is 36.7. The summed E-state index contributed by atoms with van der Waals surface area (Å²) in [6.07, 6.45) is 5.40. The van der Waals surface area contributed by atoms with Crippen LogP contribution in [0.15, 0.2) is 73.1 Å². The number of carbonyl (C=O) groups excluding carboxylic acids is 5. The van der Waals surface area contributed by atoms with Gasteiger partial charge in [-0.3, -0.25) is 24.2 Å². The Bertz CT molecular complexity index is 3040. The number of carbonyl (C=O) groups is 6. The Kier molecular flexibility index (Phi) is 16.8. The van der Waals surface area contributed by atoms with Crippen molar-refractivity contribution in [2.45, 2.75) is 117 Å². The number of rotatable bonds is 10. The van der Waals surface area contributed by atoms with Crippen molar-refractivity contribution in [3.8, 4) is 22.5 Å². The number of primary amides is 1. The van der Waals surface area contributed by atoms with Crippen LogP contribution in [0, 0.1) is 25.5 Å². The average Bonchev–Trinajstić information content (AvgIpc) is 3.94. The summed E-state index contributed by atoms with van der Waals surface area (Å²) in [7, 11) is 0. The van der Waals surface area contributed by atoms with E-state index in [1.165, 1.54) is 29.2 Å². The molecule has 2 aliphatic rings. The number of ether oxygens (including phenoxy) is 2. The van der Waals surface area contributed by atoms with E-state index in [2.05, 4.69) is 30.6 Å². The molecule has 0 aliphatic carbocycles. The van der Waals surface area contributed by atoms with E-state index in [-0.39, 0.29) is 45.8 Å². The highest BCUT2D eigenvalue weighted by molar-refractivity contribution is 6.05. The number of hydrogen-bond donors (Lipinski definition) is 6. The van der Waals surface area contributed by atoms with Gasteiger partial charge in [0.2, 0.25) is 0 Å². The molecule has 0 spiro atoms. The number of aromatic carboxylic acids is 1. The number of imidazole rings is 2. The number of benzene rings is 2. The number of carboxylic acids is 1. The first-order valence-corrected chi connectivity index (χ1v) is 25.1. The minimum Gasteiger partial charge on any atom is -0.476 e. The fourth-order valence-electron chi connectivity index (χ4n) is 8.84. The van der Waals surface area contributed by atoms with E-state index in [4.69, 9.17) is 26.9 Å². The minimum absolute atomic E-state index is 0.0251. The summed E-state index contributed by atoms with van der Waals surface area (Å²) in [6.45, 7) is 14.7. The summed E-state index contributed by atoms with van der Waals surface area (Å²) in [5.41, 5.74) is 6.56. The number of nitrogen functional groups attached to an aromatic ring is 2. The van der Waals surface area contributed by atoms with Crippen LogP contribution in [0.4, 0.5) is 30.0 Å². The van der Waals surface area contributed by atoms with Gasteiger partial charge in [-0.25, -0.2) is 52.5 Å². The minimum atomic E-state index is -1.29. The maximum Gasteiger partial charge on any atom is 0.410 e. The van der Waals surface area contributed by atoms with Gasteiger partial charge in [0, 0.05) is 35.3 Å². The van der Waals surface area contributed by atoms with E-state index in [1.807, 2.05) is 0 Å². The Morgan fingerprint density at radius 3 is 1.33 bits per heavy atom. The number of nitrogens with one attached hydrogen (secondary N) is 2. The fraction of sp³-hybridized carbons (Fsp3) is 0.370. The van der Waals surface area contributed by atoms with Crippen LogP contribution in [0.1, 0.15) is 157 Å². The lowest BCUT2D eigenvalue weighted by atomic mass is 10.0. The van der Waals surface area contributed by atoms with Gasteiger partial charge in [-0.1, -0.05) is 24.3 Å². The van der Waals surface area contributed by atoms with E-state index < -0.39 is 70.8 Å². The molecule has 8 rings (SSSR count). The van der Waals surface area contributed by atoms with Gasteiger partial charge < -0.3 is 42.6 Å². The summed E-state index contributed by atoms with van der Waals surface area (Å²) in [5.74, 6) is 9.58.